The molecule has 0 amide bonds. The van der Waals surface area contributed by atoms with Gasteiger partial charge < -0.3 is 4.74 Å². The minimum absolute atomic E-state index is 0.178. The summed E-state index contributed by atoms with van der Waals surface area (Å²) in [6, 6.07) is 5.44. The molecule has 0 saturated heterocycles. The van der Waals surface area contributed by atoms with Gasteiger partial charge in [-0.3, -0.25) is 4.79 Å². The maximum atomic E-state index is 13.1. The fraction of sp³-hybridized carbons (Fsp3) is 0.0833. The minimum atomic E-state index is -0.484. The standard InChI is InChI=1S/C12H8ClFO2S/c1-16-10-3-2-7(14)6-8(10)11(15)12-9(13)4-5-17-12/h2-6H,1H3. The molecule has 2 nitrogen and oxygen atoms in total. The van der Waals surface area contributed by atoms with Crippen LogP contribution in [0.15, 0.2) is 29.6 Å². The number of ether oxygens (including phenoxy) is 1. The van der Waals surface area contributed by atoms with Gasteiger partial charge in [0.2, 0.25) is 5.78 Å². The largest absolute Gasteiger partial charge is 0.496 e. The van der Waals surface area contributed by atoms with E-state index < -0.39 is 5.82 Å². The van der Waals surface area contributed by atoms with Crippen molar-refractivity contribution in [3.05, 3.63) is 50.9 Å². The second kappa shape index (κ2) is 4.85. The zero-order valence-corrected chi connectivity index (χ0v) is 10.4. The topological polar surface area (TPSA) is 26.3 Å². The Morgan fingerprint density at radius 3 is 2.76 bits per heavy atom. The molecule has 0 aliphatic carbocycles. The van der Waals surface area contributed by atoms with Crippen molar-refractivity contribution in [1.29, 1.82) is 0 Å². The van der Waals surface area contributed by atoms with Gasteiger partial charge in [-0.15, -0.1) is 11.3 Å². The quantitative estimate of drug-likeness (QED) is 0.794. The molecule has 0 atom stereocenters. The zero-order chi connectivity index (χ0) is 12.4. The molecular weight excluding hydrogens is 263 g/mol. The Labute approximate surface area is 107 Å². The fourth-order valence-corrected chi connectivity index (χ4v) is 2.53. The first-order chi connectivity index (χ1) is 8.13. The number of hydrogen-bond donors (Lipinski definition) is 0. The number of carbonyl (C=O) groups excluding carboxylic acids is 1. The predicted octanol–water partition coefficient (Wildman–Crippen LogP) is 3.78. The maximum Gasteiger partial charge on any atom is 0.208 e. The fourth-order valence-electron chi connectivity index (χ4n) is 1.44. The first-order valence-electron chi connectivity index (χ1n) is 4.74. The van der Waals surface area contributed by atoms with Crippen LogP contribution in [0.3, 0.4) is 0 Å². The van der Waals surface area contributed by atoms with Crippen LogP contribution in [0.5, 0.6) is 5.75 Å². The van der Waals surface area contributed by atoms with Gasteiger partial charge in [-0.05, 0) is 29.6 Å². The maximum absolute atomic E-state index is 13.1. The Morgan fingerprint density at radius 2 is 2.18 bits per heavy atom. The van der Waals surface area contributed by atoms with Gasteiger partial charge in [0.05, 0.1) is 22.6 Å². The number of rotatable bonds is 3. The summed E-state index contributed by atoms with van der Waals surface area (Å²) < 4.78 is 18.2. The van der Waals surface area contributed by atoms with E-state index in [1.54, 1.807) is 11.4 Å². The lowest BCUT2D eigenvalue weighted by atomic mass is 10.1. The smallest absolute Gasteiger partial charge is 0.208 e. The van der Waals surface area contributed by atoms with Crippen molar-refractivity contribution in [2.45, 2.75) is 0 Å². The highest BCUT2D eigenvalue weighted by atomic mass is 35.5. The van der Waals surface area contributed by atoms with Crippen LogP contribution in [-0.4, -0.2) is 12.9 Å². The van der Waals surface area contributed by atoms with Crippen molar-refractivity contribution in [1.82, 2.24) is 0 Å². The normalized spacial score (nSPS) is 10.3. The second-order valence-electron chi connectivity index (χ2n) is 3.27. The van der Waals surface area contributed by atoms with E-state index in [-0.39, 0.29) is 11.3 Å². The van der Waals surface area contributed by atoms with Gasteiger partial charge in [0.15, 0.2) is 0 Å². The third kappa shape index (κ3) is 2.33. The molecule has 0 N–H and O–H groups in total. The Kier molecular flexibility index (Phi) is 3.45. The van der Waals surface area contributed by atoms with Gasteiger partial charge in [0.25, 0.3) is 0 Å². The molecule has 1 aromatic heterocycles. The van der Waals surface area contributed by atoms with Gasteiger partial charge >= 0.3 is 0 Å². The Hall–Kier alpha value is -1.39. The van der Waals surface area contributed by atoms with Gasteiger partial charge in [0.1, 0.15) is 11.6 Å². The zero-order valence-electron chi connectivity index (χ0n) is 8.87. The number of halogens is 2. The molecule has 1 heterocycles. The summed E-state index contributed by atoms with van der Waals surface area (Å²) in [6.45, 7) is 0. The van der Waals surface area contributed by atoms with Gasteiger partial charge in [0, 0.05) is 0 Å². The van der Waals surface area contributed by atoms with Gasteiger partial charge in [-0.1, -0.05) is 11.6 Å². The summed E-state index contributed by atoms with van der Waals surface area (Å²) >= 11 is 7.09. The Balaban J connectivity index is 2.50. The molecule has 2 aromatic rings. The second-order valence-corrected chi connectivity index (χ2v) is 4.59. The molecule has 1 aromatic carbocycles. The van der Waals surface area contributed by atoms with Crippen LogP contribution >= 0.6 is 22.9 Å². The summed E-state index contributed by atoms with van der Waals surface area (Å²) in [7, 11) is 1.43. The summed E-state index contributed by atoms with van der Waals surface area (Å²) in [4.78, 5) is 12.5. The number of benzene rings is 1. The molecular formula is C12H8ClFO2S. The first kappa shape index (κ1) is 12.1. The summed E-state index contributed by atoms with van der Waals surface area (Å²) in [5.41, 5.74) is 0.178. The first-order valence-corrected chi connectivity index (χ1v) is 6.00. The van der Waals surface area contributed by atoms with E-state index in [0.717, 1.165) is 6.07 Å². The number of ketones is 1. The lowest BCUT2D eigenvalue weighted by molar-refractivity contribution is 0.103. The predicted molar refractivity (Wildman–Crippen MR) is 65.7 cm³/mol. The molecule has 2 rings (SSSR count). The van der Waals surface area contributed by atoms with Crippen LogP contribution in [0, 0.1) is 5.82 Å². The van der Waals surface area contributed by atoms with Crippen LogP contribution in [0.1, 0.15) is 15.2 Å². The Morgan fingerprint density at radius 1 is 1.41 bits per heavy atom. The lowest BCUT2D eigenvalue weighted by Crippen LogP contribution is -2.03. The molecule has 0 saturated carbocycles. The third-order valence-electron chi connectivity index (χ3n) is 2.23. The molecule has 0 radical (unpaired) electrons. The minimum Gasteiger partial charge on any atom is -0.496 e. The molecule has 0 spiro atoms. The van der Waals surface area contributed by atoms with E-state index >= 15 is 0 Å². The van der Waals surface area contributed by atoms with Crippen LogP contribution in [0.4, 0.5) is 4.39 Å². The number of carbonyl (C=O) groups is 1. The molecule has 88 valence electrons. The van der Waals surface area contributed by atoms with Crippen LogP contribution < -0.4 is 4.74 Å². The number of hydrogen-bond acceptors (Lipinski definition) is 3. The number of thiophene rings is 1. The highest BCUT2D eigenvalue weighted by Gasteiger charge is 2.19. The summed E-state index contributed by atoms with van der Waals surface area (Å²) in [5, 5.41) is 2.08. The highest BCUT2D eigenvalue weighted by Crippen LogP contribution is 2.29. The summed E-state index contributed by atoms with van der Waals surface area (Å²) in [5.74, 6) is -0.482. The van der Waals surface area contributed by atoms with Gasteiger partial charge in [-0.2, -0.15) is 0 Å². The van der Waals surface area contributed by atoms with E-state index in [9.17, 15) is 9.18 Å². The lowest BCUT2D eigenvalue weighted by Gasteiger charge is -2.06. The van der Waals surface area contributed by atoms with Crippen LogP contribution in [0.2, 0.25) is 5.02 Å². The molecule has 0 fully saturated rings. The molecule has 0 bridgehead atoms. The number of methoxy groups -OCH3 is 1. The van der Waals surface area contributed by atoms with Gasteiger partial charge in [-0.25, -0.2) is 4.39 Å². The van der Waals surface area contributed by atoms with E-state index in [2.05, 4.69) is 0 Å². The van der Waals surface area contributed by atoms with Crippen molar-refractivity contribution >= 4 is 28.7 Å². The van der Waals surface area contributed by atoms with E-state index in [1.807, 2.05) is 0 Å². The van der Waals surface area contributed by atoms with Crippen molar-refractivity contribution in [2.75, 3.05) is 7.11 Å². The van der Waals surface area contributed by atoms with Crippen LogP contribution in [-0.2, 0) is 0 Å². The van der Waals surface area contributed by atoms with E-state index in [1.165, 1.54) is 30.6 Å². The van der Waals surface area contributed by atoms with Crippen LogP contribution in [0.25, 0.3) is 0 Å². The average Bonchev–Trinajstić information content (AvgIpc) is 2.74. The molecule has 0 aliphatic heterocycles. The highest BCUT2D eigenvalue weighted by molar-refractivity contribution is 7.13. The molecule has 17 heavy (non-hydrogen) atoms. The van der Waals surface area contributed by atoms with Crippen molar-refractivity contribution < 1.29 is 13.9 Å². The molecule has 5 heteroatoms. The average molecular weight is 271 g/mol. The Bertz CT molecular complexity index is 565. The van der Waals surface area contributed by atoms with Crippen molar-refractivity contribution in [3.63, 3.8) is 0 Å². The molecule has 0 aliphatic rings. The summed E-state index contributed by atoms with van der Waals surface area (Å²) in [6.07, 6.45) is 0. The van der Waals surface area contributed by atoms with E-state index in [4.69, 9.17) is 16.3 Å². The van der Waals surface area contributed by atoms with Crippen molar-refractivity contribution in [3.8, 4) is 5.75 Å². The monoisotopic (exact) mass is 270 g/mol. The third-order valence-corrected chi connectivity index (χ3v) is 3.57. The SMILES string of the molecule is COc1ccc(F)cc1C(=O)c1sccc1Cl. The van der Waals surface area contributed by atoms with E-state index in [0.29, 0.717) is 15.6 Å². The molecule has 0 unspecified atom stereocenters. The van der Waals surface area contributed by atoms with Crippen molar-refractivity contribution in [2.24, 2.45) is 0 Å².